The Balaban J connectivity index is 1.93. The number of carbonyl (C=O) groups is 2. The van der Waals surface area contributed by atoms with Gasteiger partial charge in [0.1, 0.15) is 6.04 Å². The van der Waals surface area contributed by atoms with Gasteiger partial charge in [-0.2, -0.15) is 0 Å². The third-order valence-corrected chi connectivity index (χ3v) is 4.05. The number of likely N-dealkylation sites (N-methyl/N-ethyl adjacent to an activating group) is 1. The second-order valence-electron chi connectivity index (χ2n) is 5.82. The first-order chi connectivity index (χ1) is 11.5. The van der Waals surface area contributed by atoms with Crippen molar-refractivity contribution in [3.8, 4) is 0 Å². The minimum Gasteiger partial charge on any atom is -0.378 e. The molecule has 7 heteroatoms. The quantitative estimate of drug-likeness (QED) is 0.856. The van der Waals surface area contributed by atoms with Crippen LogP contribution in [0.15, 0.2) is 24.3 Å². The summed E-state index contributed by atoms with van der Waals surface area (Å²) < 4.78 is 5.35. The van der Waals surface area contributed by atoms with Crippen LogP contribution in [0.3, 0.4) is 0 Å². The van der Waals surface area contributed by atoms with Gasteiger partial charge >= 0.3 is 6.03 Å². The van der Waals surface area contributed by atoms with Gasteiger partial charge in [0.05, 0.1) is 13.2 Å². The normalized spacial score (nSPS) is 15.5. The highest BCUT2D eigenvalue weighted by molar-refractivity contribution is 5.93. The first kappa shape index (κ1) is 18.1. The van der Waals surface area contributed by atoms with Gasteiger partial charge in [-0.05, 0) is 32.0 Å². The zero-order chi connectivity index (χ0) is 17.5. The van der Waals surface area contributed by atoms with Crippen LogP contribution in [-0.4, -0.2) is 62.8 Å². The molecule has 1 aliphatic heterocycles. The number of morpholine rings is 1. The number of nitrogens with one attached hydrogen (secondary N) is 2. The van der Waals surface area contributed by atoms with E-state index in [2.05, 4.69) is 15.5 Å². The van der Waals surface area contributed by atoms with Gasteiger partial charge in [0.25, 0.3) is 0 Å². The molecule has 0 saturated carbocycles. The fraction of sp³-hybridized carbons (Fsp3) is 0.529. The van der Waals surface area contributed by atoms with E-state index in [9.17, 15) is 9.59 Å². The minimum atomic E-state index is -0.572. The molecule has 0 aliphatic carbocycles. The Morgan fingerprint density at radius 2 is 2.04 bits per heavy atom. The van der Waals surface area contributed by atoms with Crippen molar-refractivity contribution in [1.29, 1.82) is 0 Å². The summed E-state index contributed by atoms with van der Waals surface area (Å²) in [7, 11) is 1.71. The van der Waals surface area contributed by atoms with Gasteiger partial charge in [-0.3, -0.25) is 4.79 Å². The fourth-order valence-electron chi connectivity index (χ4n) is 2.51. The molecule has 0 aromatic heterocycles. The summed E-state index contributed by atoms with van der Waals surface area (Å²) in [5, 5.41) is 5.45. The molecule has 1 heterocycles. The molecule has 0 bridgehead atoms. The third-order valence-electron chi connectivity index (χ3n) is 4.05. The van der Waals surface area contributed by atoms with Gasteiger partial charge in [0, 0.05) is 38.1 Å². The summed E-state index contributed by atoms with van der Waals surface area (Å²) >= 11 is 0. The van der Waals surface area contributed by atoms with Crippen LogP contribution >= 0.6 is 0 Å². The first-order valence-electron chi connectivity index (χ1n) is 8.26. The number of benzene rings is 1. The summed E-state index contributed by atoms with van der Waals surface area (Å²) in [6, 6.07) is 6.71. The van der Waals surface area contributed by atoms with E-state index >= 15 is 0 Å². The van der Waals surface area contributed by atoms with Gasteiger partial charge in [-0.15, -0.1) is 0 Å². The molecular weight excluding hydrogens is 308 g/mol. The zero-order valence-corrected chi connectivity index (χ0v) is 14.5. The van der Waals surface area contributed by atoms with E-state index in [0.717, 1.165) is 18.8 Å². The number of hydrogen-bond acceptors (Lipinski definition) is 4. The number of hydrogen-bond donors (Lipinski definition) is 2. The van der Waals surface area contributed by atoms with Crippen LogP contribution in [0.25, 0.3) is 0 Å². The SMILES string of the molecule is CCN(C)C(=O)[C@H](C)NC(=O)Nc1cccc(N2CCOCC2)c1. The summed E-state index contributed by atoms with van der Waals surface area (Å²) in [6.45, 7) is 7.27. The molecular formula is C17H26N4O3. The van der Waals surface area contributed by atoms with Crippen LogP contribution < -0.4 is 15.5 Å². The lowest BCUT2D eigenvalue weighted by Gasteiger charge is -2.29. The Bertz CT molecular complexity index is 573. The van der Waals surface area contributed by atoms with Crippen molar-refractivity contribution in [2.75, 3.05) is 50.1 Å². The molecule has 0 unspecified atom stereocenters. The van der Waals surface area contributed by atoms with E-state index in [0.29, 0.717) is 25.4 Å². The van der Waals surface area contributed by atoms with Crippen LogP contribution in [0.2, 0.25) is 0 Å². The Kier molecular flexibility index (Phi) is 6.43. The van der Waals surface area contributed by atoms with Crippen molar-refractivity contribution in [2.45, 2.75) is 19.9 Å². The number of ether oxygens (including phenoxy) is 1. The molecule has 24 heavy (non-hydrogen) atoms. The van der Waals surface area contributed by atoms with Crippen molar-refractivity contribution in [1.82, 2.24) is 10.2 Å². The maximum Gasteiger partial charge on any atom is 0.319 e. The van der Waals surface area contributed by atoms with Crippen molar-refractivity contribution in [3.05, 3.63) is 24.3 Å². The highest BCUT2D eigenvalue weighted by atomic mass is 16.5. The van der Waals surface area contributed by atoms with E-state index in [1.165, 1.54) is 0 Å². The Labute approximate surface area is 142 Å². The lowest BCUT2D eigenvalue weighted by Crippen LogP contribution is -2.46. The maximum atomic E-state index is 12.1. The van der Waals surface area contributed by atoms with Crippen LogP contribution in [0.5, 0.6) is 0 Å². The number of anilines is 2. The summed E-state index contributed by atoms with van der Waals surface area (Å²) in [5.74, 6) is -0.116. The van der Waals surface area contributed by atoms with E-state index in [1.54, 1.807) is 18.9 Å². The summed E-state index contributed by atoms with van der Waals surface area (Å²) in [6.07, 6.45) is 0. The van der Waals surface area contributed by atoms with Gasteiger partial charge < -0.3 is 25.2 Å². The summed E-state index contributed by atoms with van der Waals surface area (Å²) in [5.41, 5.74) is 1.74. The van der Waals surface area contributed by atoms with Crippen molar-refractivity contribution >= 4 is 23.3 Å². The molecule has 2 N–H and O–H groups in total. The molecule has 0 spiro atoms. The standard InChI is InChI=1S/C17H26N4O3/c1-4-20(3)16(22)13(2)18-17(23)19-14-6-5-7-15(12-14)21-8-10-24-11-9-21/h5-7,12-13H,4,8-11H2,1-3H3,(H2,18,19,23)/t13-/m0/s1. The average Bonchev–Trinajstić information content (AvgIpc) is 2.61. The number of amides is 3. The summed E-state index contributed by atoms with van der Waals surface area (Å²) in [4.78, 5) is 27.9. The van der Waals surface area contributed by atoms with E-state index in [1.807, 2.05) is 31.2 Å². The molecule has 1 saturated heterocycles. The third kappa shape index (κ3) is 4.86. The molecule has 1 aromatic carbocycles. The van der Waals surface area contributed by atoms with Crippen LogP contribution in [0, 0.1) is 0 Å². The van der Waals surface area contributed by atoms with E-state index < -0.39 is 6.04 Å². The first-order valence-corrected chi connectivity index (χ1v) is 8.26. The molecule has 1 aliphatic rings. The Hall–Kier alpha value is -2.28. The molecule has 3 amide bonds. The smallest absolute Gasteiger partial charge is 0.319 e. The lowest BCUT2D eigenvalue weighted by molar-refractivity contribution is -0.131. The van der Waals surface area contributed by atoms with Crippen LogP contribution in [0.1, 0.15) is 13.8 Å². The maximum absolute atomic E-state index is 12.1. The van der Waals surface area contributed by atoms with Gasteiger partial charge in [0.15, 0.2) is 0 Å². The van der Waals surface area contributed by atoms with Crippen LogP contribution in [0.4, 0.5) is 16.2 Å². The second kappa shape index (κ2) is 8.54. The molecule has 0 radical (unpaired) electrons. The fourth-order valence-corrected chi connectivity index (χ4v) is 2.51. The molecule has 2 rings (SSSR count). The zero-order valence-electron chi connectivity index (χ0n) is 14.5. The second-order valence-corrected chi connectivity index (χ2v) is 5.82. The lowest BCUT2D eigenvalue weighted by atomic mass is 10.2. The average molecular weight is 334 g/mol. The van der Waals surface area contributed by atoms with Gasteiger partial charge in [-0.1, -0.05) is 6.07 Å². The molecule has 1 fully saturated rings. The molecule has 1 atom stereocenters. The molecule has 132 valence electrons. The molecule has 1 aromatic rings. The predicted molar refractivity (Wildman–Crippen MR) is 94.4 cm³/mol. The van der Waals surface area contributed by atoms with Crippen molar-refractivity contribution < 1.29 is 14.3 Å². The van der Waals surface area contributed by atoms with Gasteiger partial charge in [0.2, 0.25) is 5.91 Å². The van der Waals surface area contributed by atoms with Gasteiger partial charge in [-0.25, -0.2) is 4.79 Å². The Morgan fingerprint density at radius 1 is 1.33 bits per heavy atom. The number of nitrogens with zero attached hydrogens (tertiary/aromatic N) is 2. The van der Waals surface area contributed by atoms with E-state index in [4.69, 9.17) is 4.74 Å². The number of carbonyl (C=O) groups excluding carboxylic acids is 2. The highest BCUT2D eigenvalue weighted by Gasteiger charge is 2.18. The molecule has 7 nitrogen and oxygen atoms in total. The largest absolute Gasteiger partial charge is 0.378 e. The monoisotopic (exact) mass is 334 g/mol. The van der Waals surface area contributed by atoms with Crippen LogP contribution in [-0.2, 0) is 9.53 Å². The highest BCUT2D eigenvalue weighted by Crippen LogP contribution is 2.20. The minimum absolute atomic E-state index is 0.116. The number of urea groups is 1. The Morgan fingerprint density at radius 3 is 2.71 bits per heavy atom. The topological polar surface area (TPSA) is 73.9 Å². The van der Waals surface area contributed by atoms with Crippen molar-refractivity contribution in [2.24, 2.45) is 0 Å². The van der Waals surface area contributed by atoms with E-state index in [-0.39, 0.29) is 11.9 Å². The number of rotatable bonds is 5. The predicted octanol–water partition coefficient (Wildman–Crippen LogP) is 1.51. The van der Waals surface area contributed by atoms with Crippen molar-refractivity contribution in [3.63, 3.8) is 0 Å².